The Bertz CT molecular complexity index is 219. The first kappa shape index (κ1) is 5.30. The number of nitrogens with one attached hydrogen (secondary N) is 1. The number of fused-ring (bicyclic) bond motifs is 1. The van der Waals surface area contributed by atoms with Crippen LogP contribution in [0.2, 0.25) is 0 Å². The van der Waals surface area contributed by atoms with E-state index in [0.717, 1.165) is 12.8 Å². The lowest BCUT2D eigenvalue weighted by Gasteiger charge is -1.92. The highest BCUT2D eigenvalue weighted by Gasteiger charge is 2.21. The molecule has 1 atom stereocenters. The molecule has 1 aliphatic carbocycles. The van der Waals surface area contributed by atoms with E-state index >= 15 is 0 Å². The summed E-state index contributed by atoms with van der Waals surface area (Å²) in [6, 6.07) is 0. The Morgan fingerprint density at radius 1 is 1.78 bits per heavy atom. The van der Waals surface area contributed by atoms with Gasteiger partial charge in [0.25, 0.3) is 0 Å². The summed E-state index contributed by atoms with van der Waals surface area (Å²) in [4.78, 5) is 0. The minimum Gasteiger partial charge on any atom is -0.282 e. The normalized spacial score (nSPS) is 24.3. The van der Waals surface area contributed by atoms with Crippen molar-refractivity contribution in [2.75, 3.05) is 0 Å². The summed E-state index contributed by atoms with van der Waals surface area (Å²) in [6.45, 7) is 0. The third kappa shape index (κ3) is 0.663. The van der Waals surface area contributed by atoms with Gasteiger partial charge in [-0.2, -0.15) is 5.10 Å². The van der Waals surface area contributed by atoms with Crippen molar-refractivity contribution in [3.8, 4) is 0 Å². The van der Waals surface area contributed by atoms with E-state index in [1.165, 1.54) is 11.3 Å². The summed E-state index contributed by atoms with van der Waals surface area (Å²) >= 11 is 5.92. The Hall–Kier alpha value is -0.500. The maximum Gasteiger partial charge on any atom is 0.0622 e. The quantitative estimate of drug-likeness (QED) is 0.548. The van der Waals surface area contributed by atoms with E-state index in [1.54, 1.807) is 0 Å². The van der Waals surface area contributed by atoms with Gasteiger partial charge in [0.2, 0.25) is 0 Å². The molecule has 0 amide bonds. The molecule has 3 heteroatoms. The maximum absolute atomic E-state index is 5.92. The van der Waals surface area contributed by atoms with Crippen LogP contribution in [-0.2, 0) is 6.42 Å². The zero-order chi connectivity index (χ0) is 6.27. The molecule has 9 heavy (non-hydrogen) atoms. The summed E-state index contributed by atoms with van der Waals surface area (Å²) in [6.07, 6.45) is 3.94. The zero-order valence-corrected chi connectivity index (χ0v) is 5.65. The monoisotopic (exact) mass is 142 g/mol. The predicted molar refractivity (Wildman–Crippen MR) is 35.5 cm³/mol. The molecule has 1 aliphatic rings. The van der Waals surface area contributed by atoms with Crippen molar-refractivity contribution >= 4 is 11.6 Å². The number of H-pyrrole nitrogens is 1. The molecule has 0 saturated carbocycles. The van der Waals surface area contributed by atoms with E-state index in [2.05, 4.69) is 10.2 Å². The third-order valence-electron chi connectivity index (χ3n) is 1.74. The predicted octanol–water partition coefficient (Wildman–Crippen LogP) is 1.64. The summed E-state index contributed by atoms with van der Waals surface area (Å²) in [5.41, 5.74) is 2.41. The first-order valence-corrected chi connectivity index (χ1v) is 3.48. The van der Waals surface area contributed by atoms with Gasteiger partial charge in [0.1, 0.15) is 0 Å². The van der Waals surface area contributed by atoms with Gasteiger partial charge in [-0.15, -0.1) is 11.6 Å². The molecule has 0 bridgehead atoms. The molecule has 2 nitrogen and oxygen atoms in total. The number of aromatic amines is 1. The second kappa shape index (κ2) is 1.74. The highest BCUT2D eigenvalue weighted by atomic mass is 35.5. The second-order valence-electron chi connectivity index (χ2n) is 2.31. The molecule has 0 spiro atoms. The van der Waals surface area contributed by atoms with Crippen LogP contribution < -0.4 is 0 Å². The first-order valence-electron chi connectivity index (χ1n) is 3.04. The standard InChI is InChI=1S/C6H7ClN2/c7-5-1-2-6-4(5)3-8-9-6/h3,5H,1-2H2,(H,8,9). The smallest absolute Gasteiger partial charge is 0.0622 e. The molecule has 1 N–H and O–H groups in total. The Labute approximate surface area is 58.2 Å². The zero-order valence-electron chi connectivity index (χ0n) is 4.89. The van der Waals surface area contributed by atoms with Gasteiger partial charge in [0, 0.05) is 11.3 Å². The molecule has 0 radical (unpaired) electrons. The third-order valence-corrected chi connectivity index (χ3v) is 2.19. The lowest BCUT2D eigenvalue weighted by atomic mass is 10.3. The Morgan fingerprint density at radius 2 is 2.67 bits per heavy atom. The van der Waals surface area contributed by atoms with Crippen LogP contribution in [-0.4, -0.2) is 10.2 Å². The number of alkyl halides is 1. The van der Waals surface area contributed by atoms with E-state index in [9.17, 15) is 0 Å². The summed E-state index contributed by atoms with van der Waals surface area (Å²) < 4.78 is 0. The van der Waals surface area contributed by atoms with Crippen LogP contribution in [0.5, 0.6) is 0 Å². The summed E-state index contributed by atoms with van der Waals surface area (Å²) in [5, 5.41) is 7.01. The van der Waals surface area contributed by atoms with Gasteiger partial charge in [-0.05, 0) is 12.8 Å². The van der Waals surface area contributed by atoms with Gasteiger partial charge < -0.3 is 0 Å². The van der Waals surface area contributed by atoms with E-state index in [-0.39, 0.29) is 5.38 Å². The fourth-order valence-corrected chi connectivity index (χ4v) is 1.52. The van der Waals surface area contributed by atoms with Crippen LogP contribution in [0, 0.1) is 0 Å². The fourth-order valence-electron chi connectivity index (χ4n) is 1.22. The van der Waals surface area contributed by atoms with E-state index < -0.39 is 0 Å². The number of rotatable bonds is 0. The SMILES string of the molecule is ClC1CCc2[nH]ncc21. The lowest BCUT2D eigenvalue weighted by molar-refractivity contribution is 0.844. The molecule has 1 aromatic heterocycles. The topological polar surface area (TPSA) is 28.7 Å². The van der Waals surface area contributed by atoms with Gasteiger partial charge in [-0.3, -0.25) is 5.10 Å². The van der Waals surface area contributed by atoms with Crippen molar-refractivity contribution in [1.29, 1.82) is 0 Å². The summed E-state index contributed by atoms with van der Waals surface area (Å²) in [5.74, 6) is 0. The molecule has 48 valence electrons. The lowest BCUT2D eigenvalue weighted by Crippen LogP contribution is -1.77. The van der Waals surface area contributed by atoms with E-state index in [1.807, 2.05) is 6.20 Å². The van der Waals surface area contributed by atoms with Crippen LogP contribution in [0.1, 0.15) is 23.1 Å². The van der Waals surface area contributed by atoms with Crippen LogP contribution >= 0.6 is 11.6 Å². The van der Waals surface area contributed by atoms with Crippen LogP contribution in [0.25, 0.3) is 0 Å². The number of halogens is 1. The number of hydrogen-bond acceptors (Lipinski definition) is 1. The molecule has 1 heterocycles. The van der Waals surface area contributed by atoms with Crippen LogP contribution in [0.4, 0.5) is 0 Å². The molecule has 1 unspecified atom stereocenters. The molecule has 0 saturated heterocycles. The molecular weight excluding hydrogens is 136 g/mol. The minimum atomic E-state index is 0.207. The number of aryl methyl sites for hydroxylation is 1. The van der Waals surface area contributed by atoms with Gasteiger partial charge in [0.05, 0.1) is 11.6 Å². The van der Waals surface area contributed by atoms with Crippen molar-refractivity contribution < 1.29 is 0 Å². The van der Waals surface area contributed by atoms with Gasteiger partial charge in [-0.25, -0.2) is 0 Å². The van der Waals surface area contributed by atoms with Gasteiger partial charge in [-0.1, -0.05) is 0 Å². The molecule has 0 aliphatic heterocycles. The van der Waals surface area contributed by atoms with E-state index in [0.29, 0.717) is 0 Å². The van der Waals surface area contributed by atoms with Crippen LogP contribution in [0.3, 0.4) is 0 Å². The van der Waals surface area contributed by atoms with Crippen molar-refractivity contribution in [2.24, 2.45) is 0 Å². The average Bonchev–Trinajstić information content (AvgIpc) is 2.35. The molecule has 2 rings (SSSR count). The Morgan fingerprint density at radius 3 is 3.44 bits per heavy atom. The number of hydrogen-bond donors (Lipinski definition) is 1. The molecule has 0 fully saturated rings. The minimum absolute atomic E-state index is 0.207. The maximum atomic E-state index is 5.92. The number of aromatic nitrogens is 2. The fraction of sp³-hybridized carbons (Fsp3) is 0.500. The first-order chi connectivity index (χ1) is 4.38. The summed E-state index contributed by atoms with van der Waals surface area (Å²) in [7, 11) is 0. The van der Waals surface area contributed by atoms with E-state index in [4.69, 9.17) is 11.6 Å². The highest BCUT2D eigenvalue weighted by Crippen LogP contribution is 2.33. The van der Waals surface area contributed by atoms with Gasteiger partial charge >= 0.3 is 0 Å². The van der Waals surface area contributed by atoms with Crippen molar-refractivity contribution in [3.05, 3.63) is 17.5 Å². The van der Waals surface area contributed by atoms with Crippen molar-refractivity contribution in [1.82, 2.24) is 10.2 Å². The largest absolute Gasteiger partial charge is 0.282 e. The van der Waals surface area contributed by atoms with Crippen molar-refractivity contribution in [2.45, 2.75) is 18.2 Å². The highest BCUT2D eigenvalue weighted by molar-refractivity contribution is 6.21. The average molecular weight is 143 g/mol. The Kier molecular flexibility index (Phi) is 1.02. The van der Waals surface area contributed by atoms with Gasteiger partial charge in [0.15, 0.2) is 0 Å². The molecular formula is C6H7ClN2. The van der Waals surface area contributed by atoms with Crippen LogP contribution in [0.15, 0.2) is 6.20 Å². The molecule has 1 aromatic rings. The second-order valence-corrected chi connectivity index (χ2v) is 2.84. The molecule has 0 aromatic carbocycles. The number of nitrogens with zero attached hydrogens (tertiary/aromatic N) is 1. The van der Waals surface area contributed by atoms with Crippen molar-refractivity contribution in [3.63, 3.8) is 0 Å². The Balaban J connectivity index is 2.49.